The van der Waals surface area contributed by atoms with E-state index in [0.717, 1.165) is 5.56 Å². The molecule has 2 aliphatic rings. The van der Waals surface area contributed by atoms with E-state index in [9.17, 15) is 33.9 Å². The van der Waals surface area contributed by atoms with E-state index in [-0.39, 0.29) is 63.4 Å². The van der Waals surface area contributed by atoms with E-state index in [1.165, 1.54) is 18.1 Å². The second-order valence-electron chi connectivity index (χ2n) is 14.5. The van der Waals surface area contributed by atoms with Gasteiger partial charge in [-0.3, -0.25) is 28.8 Å². The fraction of sp³-hybridized carbons (Fsp3) is 0.526. The lowest BCUT2D eigenvalue weighted by Gasteiger charge is -2.29. The monoisotopic (exact) mass is 762 g/mol. The lowest BCUT2D eigenvalue weighted by Crippen LogP contribution is -2.59. The van der Waals surface area contributed by atoms with Crippen molar-refractivity contribution in [2.24, 2.45) is 5.92 Å². The quantitative estimate of drug-likeness (QED) is 0.169. The molecule has 1 aromatic carbocycles. The average molecular weight is 763 g/mol. The second-order valence-corrected chi connectivity index (χ2v) is 14.5. The zero-order chi connectivity index (χ0) is 39.5. The summed E-state index contributed by atoms with van der Waals surface area (Å²) in [4.78, 5) is 87.1. The van der Waals surface area contributed by atoms with Gasteiger partial charge < -0.3 is 45.5 Å². The number of aliphatic hydroxyl groups excluding tert-OH is 1. The van der Waals surface area contributed by atoms with Crippen LogP contribution in [0.2, 0.25) is 0 Å². The zero-order valence-corrected chi connectivity index (χ0v) is 31.3. The molecule has 4 heterocycles. The Morgan fingerprint density at radius 3 is 2.45 bits per heavy atom. The number of nitrogens with zero attached hydrogens (tertiary/aromatic N) is 3. The second kappa shape index (κ2) is 19.1. The van der Waals surface area contributed by atoms with Crippen LogP contribution in [0.5, 0.6) is 0 Å². The molecule has 17 heteroatoms. The fourth-order valence-corrected chi connectivity index (χ4v) is 6.67. The summed E-state index contributed by atoms with van der Waals surface area (Å²) in [6, 6.07) is 7.11. The molecule has 0 bridgehead atoms. The number of amides is 6. The molecule has 6 N–H and O–H groups in total. The van der Waals surface area contributed by atoms with Crippen molar-refractivity contribution in [3.05, 3.63) is 60.2 Å². The van der Waals surface area contributed by atoms with Gasteiger partial charge in [0.1, 0.15) is 30.2 Å². The number of carbonyl (C=O) groups is 6. The van der Waals surface area contributed by atoms with E-state index in [1.807, 2.05) is 32.0 Å². The number of benzene rings is 1. The maximum absolute atomic E-state index is 14.0. The summed E-state index contributed by atoms with van der Waals surface area (Å²) >= 11 is 0. The number of aromatic nitrogens is 2. The number of fused-ring (bicyclic) bond motifs is 1. The Kier molecular flexibility index (Phi) is 14.1. The molecule has 296 valence electrons. The Morgan fingerprint density at radius 1 is 0.982 bits per heavy atom. The van der Waals surface area contributed by atoms with Gasteiger partial charge in [-0.25, -0.2) is 0 Å². The third-order valence-electron chi connectivity index (χ3n) is 9.47. The number of hydrogen-bond acceptors (Lipinski definition) is 11. The molecule has 0 unspecified atom stereocenters. The summed E-state index contributed by atoms with van der Waals surface area (Å²) in [6.45, 7) is 5.26. The van der Waals surface area contributed by atoms with Crippen molar-refractivity contribution in [2.45, 2.75) is 108 Å². The minimum absolute atomic E-state index is 0.0158. The van der Waals surface area contributed by atoms with Gasteiger partial charge >= 0.3 is 0 Å². The van der Waals surface area contributed by atoms with E-state index >= 15 is 0 Å². The summed E-state index contributed by atoms with van der Waals surface area (Å²) in [5.41, 5.74) is 0.746. The van der Waals surface area contributed by atoms with Crippen molar-refractivity contribution in [1.29, 1.82) is 0 Å². The normalized spacial score (nSPS) is 24.6. The predicted octanol–water partition coefficient (Wildman–Crippen LogP) is 0.772. The Morgan fingerprint density at radius 2 is 1.73 bits per heavy atom. The molecule has 0 aliphatic carbocycles. The van der Waals surface area contributed by atoms with Crippen LogP contribution in [-0.4, -0.2) is 105 Å². The van der Waals surface area contributed by atoms with Crippen molar-refractivity contribution >= 4 is 35.4 Å². The molecule has 6 amide bonds. The van der Waals surface area contributed by atoms with Crippen LogP contribution < -0.4 is 26.6 Å². The summed E-state index contributed by atoms with van der Waals surface area (Å²) < 4.78 is 10.6. The van der Waals surface area contributed by atoms with Crippen LogP contribution in [0.1, 0.15) is 70.8 Å². The van der Waals surface area contributed by atoms with Gasteiger partial charge in [-0.05, 0) is 56.2 Å². The molecular weight excluding hydrogens is 712 g/mol. The maximum atomic E-state index is 14.0. The minimum atomic E-state index is -1.14. The van der Waals surface area contributed by atoms with E-state index in [2.05, 4.69) is 36.7 Å². The van der Waals surface area contributed by atoms with Gasteiger partial charge in [0.25, 0.3) is 0 Å². The van der Waals surface area contributed by atoms with Crippen LogP contribution in [0.15, 0.2) is 57.7 Å². The highest BCUT2D eigenvalue weighted by Crippen LogP contribution is 2.20. The molecule has 2 fully saturated rings. The number of carbonyl (C=O) groups excluding carboxylic acids is 6. The number of nitrogens with one attached hydrogen (secondary N) is 5. The molecule has 17 nitrogen and oxygen atoms in total. The van der Waals surface area contributed by atoms with Gasteiger partial charge in [-0.1, -0.05) is 49.3 Å². The summed E-state index contributed by atoms with van der Waals surface area (Å²) in [6.07, 6.45) is 1.87. The first-order chi connectivity index (χ1) is 26.4. The Balaban J connectivity index is 1.34. The van der Waals surface area contributed by atoms with Gasteiger partial charge in [-0.2, -0.15) is 4.98 Å². The molecule has 55 heavy (non-hydrogen) atoms. The van der Waals surface area contributed by atoms with Gasteiger partial charge in [0, 0.05) is 38.8 Å². The van der Waals surface area contributed by atoms with E-state index in [4.69, 9.17) is 8.94 Å². The SMILES string of the molecule is CC(C)C[C@@H]1NC(=O)[C@@H](Cc2ccccc2)NC(=O)[C@@H](NC(=O)CCCc2nc(-c3ccco3)no2)CCCNC(=O)[C@@H]2C[C@@H](O)CN2C(=O)[C@H](C)NC1=O. The van der Waals surface area contributed by atoms with Crippen molar-refractivity contribution in [1.82, 2.24) is 41.6 Å². The molecule has 0 radical (unpaired) electrons. The first-order valence-corrected chi connectivity index (χ1v) is 18.7. The van der Waals surface area contributed by atoms with Crippen molar-refractivity contribution < 1.29 is 42.8 Å². The highest BCUT2D eigenvalue weighted by Gasteiger charge is 2.41. The molecule has 3 aromatic rings. The molecule has 6 atom stereocenters. The largest absolute Gasteiger partial charge is 0.461 e. The number of aliphatic hydroxyl groups is 1. The first kappa shape index (κ1) is 40.6. The molecular formula is C38H50N8O9. The van der Waals surface area contributed by atoms with Crippen molar-refractivity contribution in [3.8, 4) is 11.6 Å². The molecule has 2 aromatic heterocycles. The molecule has 2 saturated heterocycles. The standard InChI is InChI=1S/C38H50N8O9/c1-22(2)18-27-35(50)40-23(3)38(53)46-21-25(47)20-29(46)37(52)39-16-8-12-26(34(49)43-28(36(51)42-27)19-24-10-5-4-6-11-24)41-31(48)14-7-15-32-44-33(45-55-32)30-13-9-17-54-30/h4-6,9-11,13,17,22-23,25-29,47H,7-8,12,14-16,18-21H2,1-3H3,(H,39,52)(H,40,50)(H,41,48)(H,42,51)(H,43,49)/t23-,25+,26-,27-,28+,29-/m0/s1. The van der Waals surface area contributed by atoms with Crippen LogP contribution in [0.3, 0.4) is 0 Å². The highest BCUT2D eigenvalue weighted by molar-refractivity contribution is 5.96. The topological polar surface area (TPSA) is 238 Å². The number of hydrogen-bond donors (Lipinski definition) is 6. The van der Waals surface area contributed by atoms with Crippen LogP contribution in [0.25, 0.3) is 11.6 Å². The van der Waals surface area contributed by atoms with Gasteiger partial charge in [0.2, 0.25) is 47.2 Å². The number of rotatable bonds is 10. The smallest absolute Gasteiger partial charge is 0.245 e. The fourth-order valence-electron chi connectivity index (χ4n) is 6.67. The number of aryl methyl sites for hydroxylation is 1. The van der Waals surface area contributed by atoms with Crippen LogP contribution in [0.4, 0.5) is 0 Å². The Bertz CT molecular complexity index is 1780. The van der Waals surface area contributed by atoms with E-state index in [0.29, 0.717) is 24.5 Å². The number of furan rings is 1. The lowest BCUT2D eigenvalue weighted by atomic mass is 10.00. The molecule has 2 aliphatic heterocycles. The van der Waals surface area contributed by atoms with Crippen molar-refractivity contribution in [2.75, 3.05) is 13.1 Å². The summed E-state index contributed by atoms with van der Waals surface area (Å²) in [5, 5.41) is 28.1. The molecule has 0 spiro atoms. The van der Waals surface area contributed by atoms with Crippen molar-refractivity contribution in [3.63, 3.8) is 0 Å². The predicted molar refractivity (Wildman–Crippen MR) is 196 cm³/mol. The first-order valence-electron chi connectivity index (χ1n) is 18.7. The Labute approximate surface area is 318 Å². The minimum Gasteiger partial charge on any atom is -0.461 e. The maximum Gasteiger partial charge on any atom is 0.245 e. The van der Waals surface area contributed by atoms with Gasteiger partial charge in [-0.15, -0.1) is 0 Å². The van der Waals surface area contributed by atoms with Gasteiger partial charge in [0.05, 0.1) is 12.4 Å². The van der Waals surface area contributed by atoms with Crippen LogP contribution >= 0.6 is 0 Å². The highest BCUT2D eigenvalue weighted by atomic mass is 16.5. The summed E-state index contributed by atoms with van der Waals surface area (Å²) in [5.74, 6) is -2.32. The third-order valence-corrected chi connectivity index (χ3v) is 9.47. The molecule has 5 rings (SSSR count). The van der Waals surface area contributed by atoms with Crippen LogP contribution in [-0.2, 0) is 41.6 Å². The third kappa shape index (κ3) is 11.5. The van der Waals surface area contributed by atoms with E-state index in [1.54, 1.807) is 24.3 Å². The molecule has 0 saturated carbocycles. The van der Waals surface area contributed by atoms with Crippen LogP contribution in [0, 0.1) is 5.92 Å². The lowest BCUT2D eigenvalue weighted by molar-refractivity contribution is -0.141. The zero-order valence-electron chi connectivity index (χ0n) is 31.3. The average Bonchev–Trinajstić information content (AvgIpc) is 3.93. The van der Waals surface area contributed by atoms with E-state index < -0.39 is 71.8 Å². The van der Waals surface area contributed by atoms with Gasteiger partial charge in [0.15, 0.2) is 5.76 Å². The summed E-state index contributed by atoms with van der Waals surface area (Å²) in [7, 11) is 0. The Hall–Kier alpha value is -5.58.